The predicted octanol–water partition coefficient (Wildman–Crippen LogP) is 3.93. The summed E-state index contributed by atoms with van der Waals surface area (Å²) in [6.07, 6.45) is 2.61. The minimum Gasteiger partial charge on any atom is -0.329 e. The molecule has 1 aromatic carbocycles. The first-order chi connectivity index (χ1) is 9.54. The van der Waals surface area contributed by atoms with Crippen LogP contribution in [0.1, 0.15) is 63.6 Å². The van der Waals surface area contributed by atoms with Gasteiger partial charge in [-0.2, -0.15) is 0 Å². The molecule has 0 aliphatic carbocycles. The van der Waals surface area contributed by atoms with E-state index in [1.807, 2.05) is 0 Å². The van der Waals surface area contributed by atoms with Gasteiger partial charge < -0.3 is 5.73 Å². The highest BCUT2D eigenvalue weighted by Crippen LogP contribution is 2.31. The highest BCUT2D eigenvalue weighted by Gasteiger charge is 2.30. The molecule has 2 nitrogen and oxygen atoms in total. The molecule has 0 amide bonds. The molecule has 1 aliphatic rings. The molecule has 1 aromatic rings. The molecule has 112 valence electrons. The lowest BCUT2D eigenvalue weighted by Gasteiger charge is -2.43. The first kappa shape index (κ1) is 15.5. The van der Waals surface area contributed by atoms with Crippen molar-refractivity contribution in [1.29, 1.82) is 0 Å². The Bertz CT molecular complexity index is 410. The Balaban J connectivity index is 2.14. The van der Waals surface area contributed by atoms with Crippen molar-refractivity contribution in [2.75, 3.05) is 13.1 Å². The molecule has 3 unspecified atom stereocenters. The van der Waals surface area contributed by atoms with Crippen LogP contribution in [0.15, 0.2) is 24.3 Å². The molecule has 0 spiro atoms. The second-order valence-corrected chi connectivity index (χ2v) is 6.66. The fraction of sp³-hybridized carbons (Fsp3) is 0.667. The zero-order valence-corrected chi connectivity index (χ0v) is 13.5. The lowest BCUT2D eigenvalue weighted by atomic mass is 9.88. The molecule has 2 rings (SSSR count). The van der Waals surface area contributed by atoms with Crippen LogP contribution < -0.4 is 5.73 Å². The van der Waals surface area contributed by atoms with E-state index >= 15 is 0 Å². The van der Waals surface area contributed by atoms with E-state index in [2.05, 4.69) is 56.9 Å². The molecular formula is C18H30N2. The van der Waals surface area contributed by atoms with E-state index in [1.165, 1.54) is 30.5 Å². The third kappa shape index (κ3) is 3.24. The second-order valence-electron chi connectivity index (χ2n) is 6.66. The standard InChI is InChI=1S/C18H30N2/c1-13(2)16-7-9-17(10-8-16)15(4)20-11-5-6-14(3)18(20)12-19/h7-10,13-15,18H,5-6,11-12,19H2,1-4H3. The molecule has 2 heteroatoms. The Hall–Kier alpha value is -0.860. The average molecular weight is 274 g/mol. The van der Waals surface area contributed by atoms with Crippen LogP contribution in [0.3, 0.4) is 0 Å². The van der Waals surface area contributed by atoms with Crippen LogP contribution in [0.25, 0.3) is 0 Å². The van der Waals surface area contributed by atoms with Gasteiger partial charge in [0.05, 0.1) is 0 Å². The molecule has 1 heterocycles. The lowest BCUT2D eigenvalue weighted by Crippen LogP contribution is -2.49. The van der Waals surface area contributed by atoms with E-state index in [1.54, 1.807) is 0 Å². The van der Waals surface area contributed by atoms with Crippen LogP contribution in [-0.4, -0.2) is 24.0 Å². The minimum absolute atomic E-state index is 0.465. The number of hydrogen-bond donors (Lipinski definition) is 1. The number of hydrogen-bond acceptors (Lipinski definition) is 2. The van der Waals surface area contributed by atoms with Gasteiger partial charge in [0.15, 0.2) is 0 Å². The molecule has 0 radical (unpaired) electrons. The Labute approximate surface area is 124 Å². The van der Waals surface area contributed by atoms with Gasteiger partial charge in [0.25, 0.3) is 0 Å². The molecule has 1 saturated heterocycles. The average Bonchev–Trinajstić information content (AvgIpc) is 2.46. The van der Waals surface area contributed by atoms with Crippen molar-refractivity contribution in [1.82, 2.24) is 4.90 Å². The van der Waals surface area contributed by atoms with Crippen molar-refractivity contribution in [2.45, 2.75) is 58.5 Å². The fourth-order valence-corrected chi connectivity index (χ4v) is 3.48. The van der Waals surface area contributed by atoms with Gasteiger partial charge in [0.2, 0.25) is 0 Å². The van der Waals surface area contributed by atoms with Gasteiger partial charge in [0, 0.05) is 18.6 Å². The Morgan fingerprint density at radius 1 is 1.15 bits per heavy atom. The monoisotopic (exact) mass is 274 g/mol. The van der Waals surface area contributed by atoms with Gasteiger partial charge in [-0.1, -0.05) is 45.0 Å². The Morgan fingerprint density at radius 2 is 1.75 bits per heavy atom. The highest BCUT2D eigenvalue weighted by atomic mass is 15.2. The van der Waals surface area contributed by atoms with Gasteiger partial charge in [-0.05, 0) is 49.3 Å². The van der Waals surface area contributed by atoms with Gasteiger partial charge in [-0.25, -0.2) is 0 Å². The van der Waals surface area contributed by atoms with E-state index < -0.39 is 0 Å². The molecular weight excluding hydrogens is 244 g/mol. The first-order valence-electron chi connectivity index (χ1n) is 8.10. The van der Waals surface area contributed by atoms with Crippen LogP contribution >= 0.6 is 0 Å². The van der Waals surface area contributed by atoms with E-state index in [4.69, 9.17) is 5.73 Å². The van der Waals surface area contributed by atoms with Gasteiger partial charge >= 0.3 is 0 Å². The summed E-state index contributed by atoms with van der Waals surface area (Å²) in [6.45, 7) is 11.1. The molecule has 0 saturated carbocycles. The van der Waals surface area contributed by atoms with Crippen LogP contribution in [0, 0.1) is 5.92 Å². The van der Waals surface area contributed by atoms with Gasteiger partial charge in [-0.3, -0.25) is 4.90 Å². The van der Waals surface area contributed by atoms with Crippen LogP contribution in [0.2, 0.25) is 0 Å². The summed E-state index contributed by atoms with van der Waals surface area (Å²) in [7, 11) is 0. The molecule has 1 aliphatic heterocycles. The zero-order valence-electron chi connectivity index (χ0n) is 13.5. The SMILES string of the molecule is CC(C)c1ccc(C(C)N2CCCC(C)C2CN)cc1. The van der Waals surface area contributed by atoms with Crippen molar-refractivity contribution in [3.63, 3.8) is 0 Å². The number of nitrogens with zero attached hydrogens (tertiary/aromatic N) is 1. The van der Waals surface area contributed by atoms with Crippen LogP contribution in [0.5, 0.6) is 0 Å². The highest BCUT2D eigenvalue weighted by molar-refractivity contribution is 5.26. The Morgan fingerprint density at radius 3 is 2.30 bits per heavy atom. The number of piperidine rings is 1. The third-order valence-electron chi connectivity index (χ3n) is 4.98. The number of rotatable bonds is 4. The molecule has 1 fully saturated rings. The summed E-state index contributed by atoms with van der Waals surface area (Å²) >= 11 is 0. The molecule has 2 N–H and O–H groups in total. The topological polar surface area (TPSA) is 29.3 Å². The summed E-state index contributed by atoms with van der Waals surface area (Å²) in [5.41, 5.74) is 8.86. The van der Waals surface area contributed by atoms with Gasteiger partial charge in [0.1, 0.15) is 0 Å². The van der Waals surface area contributed by atoms with Crippen molar-refractivity contribution in [3.8, 4) is 0 Å². The maximum absolute atomic E-state index is 6.02. The van der Waals surface area contributed by atoms with Crippen LogP contribution in [0.4, 0.5) is 0 Å². The number of benzene rings is 1. The smallest absolute Gasteiger partial charge is 0.0323 e. The van der Waals surface area contributed by atoms with Gasteiger partial charge in [-0.15, -0.1) is 0 Å². The quantitative estimate of drug-likeness (QED) is 0.901. The van der Waals surface area contributed by atoms with E-state index in [-0.39, 0.29) is 0 Å². The summed E-state index contributed by atoms with van der Waals surface area (Å²) in [6, 6.07) is 10.2. The zero-order chi connectivity index (χ0) is 14.7. The Kier molecular flexibility index (Phi) is 5.22. The summed E-state index contributed by atoms with van der Waals surface area (Å²) in [5, 5.41) is 0. The fourth-order valence-electron chi connectivity index (χ4n) is 3.48. The molecule has 3 atom stereocenters. The lowest BCUT2D eigenvalue weighted by molar-refractivity contribution is 0.0689. The molecule has 0 bridgehead atoms. The molecule has 20 heavy (non-hydrogen) atoms. The van der Waals surface area contributed by atoms with Crippen molar-refractivity contribution in [2.24, 2.45) is 11.7 Å². The van der Waals surface area contributed by atoms with Crippen molar-refractivity contribution >= 4 is 0 Å². The maximum Gasteiger partial charge on any atom is 0.0323 e. The maximum atomic E-state index is 6.02. The van der Waals surface area contributed by atoms with Crippen molar-refractivity contribution in [3.05, 3.63) is 35.4 Å². The van der Waals surface area contributed by atoms with E-state index in [9.17, 15) is 0 Å². The predicted molar refractivity (Wildman–Crippen MR) is 86.9 cm³/mol. The summed E-state index contributed by atoms with van der Waals surface area (Å²) < 4.78 is 0. The largest absolute Gasteiger partial charge is 0.329 e. The molecule has 0 aromatic heterocycles. The van der Waals surface area contributed by atoms with Crippen molar-refractivity contribution < 1.29 is 0 Å². The summed E-state index contributed by atoms with van der Waals surface area (Å²) in [5.74, 6) is 1.32. The number of nitrogens with two attached hydrogens (primary N) is 1. The van der Waals surface area contributed by atoms with E-state index in [0.29, 0.717) is 23.9 Å². The summed E-state index contributed by atoms with van der Waals surface area (Å²) in [4.78, 5) is 2.61. The number of likely N-dealkylation sites (tertiary alicyclic amines) is 1. The minimum atomic E-state index is 0.465. The van der Waals surface area contributed by atoms with Crippen LogP contribution in [-0.2, 0) is 0 Å². The third-order valence-corrected chi connectivity index (χ3v) is 4.98. The van der Waals surface area contributed by atoms with E-state index in [0.717, 1.165) is 6.54 Å². The normalized spacial score (nSPS) is 25.9. The first-order valence-corrected chi connectivity index (χ1v) is 8.10. The second kappa shape index (κ2) is 6.73.